The van der Waals surface area contributed by atoms with Gasteiger partial charge >= 0.3 is 6.18 Å². The highest BCUT2D eigenvalue weighted by Gasteiger charge is 2.35. The Bertz CT molecular complexity index is 967. The highest BCUT2D eigenvalue weighted by Crippen LogP contribution is 2.35. The van der Waals surface area contributed by atoms with Gasteiger partial charge in [0.25, 0.3) is 0 Å². The van der Waals surface area contributed by atoms with Crippen LogP contribution >= 0.6 is 0 Å². The van der Waals surface area contributed by atoms with Gasteiger partial charge in [-0.05, 0) is 48.6 Å². The van der Waals surface area contributed by atoms with E-state index in [9.17, 15) is 13.2 Å². The molecule has 4 nitrogen and oxygen atoms in total. The smallest absolute Gasteiger partial charge is 0.340 e. The maximum atomic E-state index is 13.4. The molecule has 0 aliphatic heterocycles. The molecule has 0 amide bonds. The van der Waals surface area contributed by atoms with E-state index in [2.05, 4.69) is 34.4 Å². The summed E-state index contributed by atoms with van der Waals surface area (Å²) in [6, 6.07) is 14.7. The number of benzene rings is 2. The summed E-state index contributed by atoms with van der Waals surface area (Å²) in [4.78, 5) is 7.94. The fourth-order valence-electron chi connectivity index (χ4n) is 2.91. The Kier molecular flexibility index (Phi) is 6.06. The molecule has 0 spiro atoms. The number of alkyl halides is 3. The molecule has 1 heterocycles. The minimum atomic E-state index is -4.57. The van der Waals surface area contributed by atoms with E-state index in [-0.39, 0.29) is 11.8 Å². The van der Waals surface area contributed by atoms with E-state index >= 15 is 0 Å². The zero-order chi connectivity index (χ0) is 21.0. The van der Waals surface area contributed by atoms with Crippen LogP contribution in [0.3, 0.4) is 0 Å². The zero-order valence-corrected chi connectivity index (χ0v) is 16.5. The maximum absolute atomic E-state index is 13.4. The highest BCUT2D eigenvalue weighted by atomic mass is 19.4. The lowest BCUT2D eigenvalue weighted by Crippen LogP contribution is -2.12. The molecule has 0 aliphatic rings. The minimum Gasteiger partial charge on any atom is -0.340 e. The largest absolute Gasteiger partial charge is 0.421 e. The SMILES string of the molecule is Cc1ccccc1Nc1ncc(C(F)(F)F)c(Nc2ccc(CC(C)C)cc2)n1. The van der Waals surface area contributed by atoms with Crippen molar-refractivity contribution in [3.63, 3.8) is 0 Å². The molecular weight excluding hydrogens is 377 g/mol. The summed E-state index contributed by atoms with van der Waals surface area (Å²) in [6.45, 7) is 6.13. The Morgan fingerprint density at radius 3 is 2.28 bits per heavy atom. The first-order valence-electron chi connectivity index (χ1n) is 9.35. The Labute approximate surface area is 168 Å². The van der Waals surface area contributed by atoms with Gasteiger partial charge in [-0.1, -0.05) is 44.2 Å². The van der Waals surface area contributed by atoms with Gasteiger partial charge in [0.15, 0.2) is 0 Å². The average Bonchev–Trinajstić information content (AvgIpc) is 2.64. The molecule has 0 unspecified atom stereocenters. The predicted molar refractivity (Wildman–Crippen MR) is 110 cm³/mol. The van der Waals surface area contributed by atoms with Crippen molar-refractivity contribution in [2.75, 3.05) is 10.6 Å². The van der Waals surface area contributed by atoms with Crippen molar-refractivity contribution in [3.8, 4) is 0 Å². The average molecular weight is 400 g/mol. The molecule has 0 aliphatic carbocycles. The molecule has 1 aromatic heterocycles. The molecule has 0 saturated carbocycles. The quantitative estimate of drug-likeness (QED) is 0.497. The Morgan fingerprint density at radius 1 is 0.966 bits per heavy atom. The number of nitrogens with one attached hydrogen (secondary N) is 2. The fraction of sp³-hybridized carbons (Fsp3) is 0.273. The van der Waals surface area contributed by atoms with E-state index in [1.807, 2.05) is 43.3 Å². The molecule has 0 saturated heterocycles. The van der Waals surface area contributed by atoms with Crippen LogP contribution in [0.1, 0.15) is 30.5 Å². The number of hydrogen-bond donors (Lipinski definition) is 2. The molecule has 0 radical (unpaired) electrons. The molecule has 3 aromatic rings. The second-order valence-corrected chi connectivity index (χ2v) is 7.31. The van der Waals surface area contributed by atoms with Crippen molar-refractivity contribution in [2.24, 2.45) is 5.92 Å². The molecule has 0 fully saturated rings. The highest BCUT2D eigenvalue weighted by molar-refractivity contribution is 5.64. The second-order valence-electron chi connectivity index (χ2n) is 7.31. The normalized spacial score (nSPS) is 11.6. The first-order chi connectivity index (χ1) is 13.7. The van der Waals surface area contributed by atoms with Crippen molar-refractivity contribution >= 4 is 23.1 Å². The van der Waals surface area contributed by atoms with Gasteiger partial charge in [0.1, 0.15) is 11.4 Å². The Balaban J connectivity index is 1.89. The fourth-order valence-corrected chi connectivity index (χ4v) is 2.91. The van der Waals surface area contributed by atoms with Gasteiger partial charge in [0.2, 0.25) is 5.95 Å². The van der Waals surface area contributed by atoms with Crippen LogP contribution < -0.4 is 10.6 Å². The van der Waals surface area contributed by atoms with Crippen LogP contribution in [-0.2, 0) is 12.6 Å². The monoisotopic (exact) mass is 400 g/mol. The van der Waals surface area contributed by atoms with Crippen LogP contribution in [0, 0.1) is 12.8 Å². The zero-order valence-electron chi connectivity index (χ0n) is 16.5. The van der Waals surface area contributed by atoms with Crippen LogP contribution in [0.15, 0.2) is 54.7 Å². The van der Waals surface area contributed by atoms with Crippen molar-refractivity contribution in [1.82, 2.24) is 9.97 Å². The summed E-state index contributed by atoms with van der Waals surface area (Å²) in [5.41, 5.74) is 2.41. The van der Waals surface area contributed by atoms with Crippen molar-refractivity contribution in [3.05, 3.63) is 71.4 Å². The van der Waals surface area contributed by atoms with Crippen molar-refractivity contribution in [1.29, 1.82) is 0 Å². The van der Waals surface area contributed by atoms with Crippen LogP contribution in [0.5, 0.6) is 0 Å². The number of aromatic nitrogens is 2. The van der Waals surface area contributed by atoms with E-state index in [1.165, 1.54) is 0 Å². The van der Waals surface area contributed by atoms with Gasteiger partial charge in [-0.2, -0.15) is 18.2 Å². The van der Waals surface area contributed by atoms with Crippen LogP contribution in [0.25, 0.3) is 0 Å². The van der Waals surface area contributed by atoms with Gasteiger partial charge in [-0.25, -0.2) is 4.98 Å². The third-order valence-electron chi connectivity index (χ3n) is 4.35. The number of para-hydroxylation sites is 1. The first-order valence-corrected chi connectivity index (χ1v) is 9.35. The van der Waals surface area contributed by atoms with Gasteiger partial charge < -0.3 is 10.6 Å². The van der Waals surface area contributed by atoms with Gasteiger partial charge in [0, 0.05) is 17.6 Å². The lowest BCUT2D eigenvalue weighted by molar-refractivity contribution is -0.137. The van der Waals surface area contributed by atoms with E-state index in [4.69, 9.17) is 0 Å². The number of nitrogens with zero attached hydrogens (tertiary/aromatic N) is 2. The lowest BCUT2D eigenvalue weighted by Gasteiger charge is -2.16. The van der Waals surface area contributed by atoms with Crippen molar-refractivity contribution in [2.45, 2.75) is 33.4 Å². The van der Waals surface area contributed by atoms with Gasteiger partial charge in [-0.15, -0.1) is 0 Å². The first kappa shape index (κ1) is 20.6. The summed E-state index contributed by atoms with van der Waals surface area (Å²) in [5, 5.41) is 5.77. The molecule has 29 heavy (non-hydrogen) atoms. The van der Waals surface area contributed by atoms with E-state index in [1.54, 1.807) is 12.1 Å². The topological polar surface area (TPSA) is 49.8 Å². The lowest BCUT2D eigenvalue weighted by atomic mass is 10.0. The molecule has 3 rings (SSSR count). The van der Waals surface area contributed by atoms with Gasteiger partial charge in [0.05, 0.1) is 0 Å². The molecule has 0 bridgehead atoms. The molecular formula is C22H23F3N4. The van der Waals surface area contributed by atoms with E-state index < -0.39 is 11.7 Å². The minimum absolute atomic E-state index is 0.0891. The predicted octanol–water partition coefficient (Wildman–Crippen LogP) is 6.49. The van der Waals surface area contributed by atoms with Crippen LogP contribution in [0.2, 0.25) is 0 Å². The summed E-state index contributed by atoms with van der Waals surface area (Å²) in [7, 11) is 0. The summed E-state index contributed by atoms with van der Waals surface area (Å²) < 4.78 is 40.3. The molecule has 7 heteroatoms. The van der Waals surface area contributed by atoms with E-state index in [0.29, 0.717) is 11.6 Å². The summed E-state index contributed by atoms with van der Waals surface area (Å²) in [5.74, 6) is 0.300. The third-order valence-corrected chi connectivity index (χ3v) is 4.35. The Morgan fingerprint density at radius 2 is 1.66 bits per heavy atom. The number of hydrogen-bond acceptors (Lipinski definition) is 4. The molecule has 152 valence electrons. The maximum Gasteiger partial charge on any atom is 0.421 e. The number of halogens is 3. The van der Waals surface area contributed by atoms with Gasteiger partial charge in [-0.3, -0.25) is 0 Å². The van der Waals surface area contributed by atoms with Crippen LogP contribution in [-0.4, -0.2) is 9.97 Å². The standard InChI is InChI=1S/C22H23F3N4/c1-14(2)12-16-8-10-17(11-9-16)27-20-18(22(23,24)25)13-26-21(29-20)28-19-7-5-4-6-15(19)3/h4-11,13-14H,12H2,1-3H3,(H2,26,27,28,29). The molecule has 0 atom stereocenters. The summed E-state index contributed by atoms with van der Waals surface area (Å²) >= 11 is 0. The second kappa shape index (κ2) is 8.51. The Hall–Kier alpha value is -3.09. The molecule has 2 N–H and O–H groups in total. The van der Waals surface area contributed by atoms with Crippen molar-refractivity contribution < 1.29 is 13.2 Å². The number of anilines is 4. The molecule has 2 aromatic carbocycles. The number of aryl methyl sites for hydroxylation is 1. The third kappa shape index (κ3) is 5.47. The van der Waals surface area contributed by atoms with Crippen LogP contribution in [0.4, 0.5) is 36.3 Å². The number of rotatable bonds is 6. The van der Waals surface area contributed by atoms with E-state index in [0.717, 1.165) is 29.4 Å². The summed E-state index contributed by atoms with van der Waals surface area (Å²) in [6.07, 6.45) is -2.86.